The molecule has 4 rings (SSSR count). The van der Waals surface area contributed by atoms with Gasteiger partial charge in [-0.2, -0.15) is 0 Å². The average Bonchev–Trinajstić information content (AvgIpc) is 2.55. The van der Waals surface area contributed by atoms with E-state index < -0.39 is 0 Å². The van der Waals surface area contributed by atoms with Gasteiger partial charge in [-0.15, -0.1) is 0 Å². The van der Waals surface area contributed by atoms with Gasteiger partial charge in [0.1, 0.15) is 0 Å². The second kappa shape index (κ2) is 5.01. The molecule has 0 aliphatic heterocycles. The van der Waals surface area contributed by atoms with Crippen LogP contribution in [-0.2, 0) is 0 Å². The van der Waals surface area contributed by atoms with Crippen LogP contribution >= 0.6 is 15.9 Å². The lowest BCUT2D eigenvalue weighted by Gasteiger charge is -2.09. The summed E-state index contributed by atoms with van der Waals surface area (Å²) in [7, 11) is 0. The maximum absolute atomic E-state index is 3.76. The van der Waals surface area contributed by atoms with E-state index in [2.05, 4.69) is 94.8 Å². The molecule has 0 radical (unpaired) electrons. The van der Waals surface area contributed by atoms with Crippen LogP contribution in [0, 0.1) is 0 Å². The Hall–Kier alpha value is -2.12. The van der Waals surface area contributed by atoms with E-state index in [-0.39, 0.29) is 0 Å². The van der Waals surface area contributed by atoms with Gasteiger partial charge in [0.25, 0.3) is 0 Å². The molecule has 21 heavy (non-hydrogen) atoms. The van der Waals surface area contributed by atoms with E-state index in [1.807, 2.05) is 0 Å². The summed E-state index contributed by atoms with van der Waals surface area (Å²) >= 11 is 3.76. The lowest BCUT2D eigenvalue weighted by Crippen LogP contribution is -1.82. The molecule has 0 fully saturated rings. The molecule has 0 heterocycles. The van der Waals surface area contributed by atoms with E-state index >= 15 is 0 Å². The van der Waals surface area contributed by atoms with Gasteiger partial charge in [-0.1, -0.05) is 66.7 Å². The predicted molar refractivity (Wildman–Crippen MR) is 94.6 cm³/mol. The van der Waals surface area contributed by atoms with Crippen molar-refractivity contribution < 1.29 is 0 Å². The summed E-state index contributed by atoms with van der Waals surface area (Å²) in [5.74, 6) is 0. The van der Waals surface area contributed by atoms with E-state index in [9.17, 15) is 0 Å². The molecular formula is C20H13Br. The van der Waals surface area contributed by atoms with Crippen molar-refractivity contribution in [3.05, 3.63) is 83.3 Å². The highest BCUT2D eigenvalue weighted by atomic mass is 79.9. The first kappa shape index (κ1) is 12.6. The highest BCUT2D eigenvalue weighted by molar-refractivity contribution is 9.10. The minimum absolute atomic E-state index is 1.18. The first-order valence-electron chi connectivity index (χ1n) is 6.99. The Balaban J connectivity index is 2.02. The third-order valence-corrected chi connectivity index (χ3v) is 4.76. The zero-order valence-electron chi connectivity index (χ0n) is 11.4. The molecule has 0 unspecified atom stereocenters. The van der Waals surface area contributed by atoms with E-state index in [1.165, 1.54) is 37.1 Å². The molecule has 0 aromatic heterocycles. The number of halogens is 1. The van der Waals surface area contributed by atoms with E-state index in [0.717, 1.165) is 0 Å². The predicted octanol–water partition coefficient (Wildman–Crippen LogP) is 6.42. The van der Waals surface area contributed by atoms with Crippen molar-refractivity contribution in [3.8, 4) is 11.1 Å². The molecule has 1 heteroatoms. The van der Waals surface area contributed by atoms with Crippen molar-refractivity contribution in [3.63, 3.8) is 0 Å². The Morgan fingerprint density at radius 3 is 2.10 bits per heavy atom. The van der Waals surface area contributed by atoms with Gasteiger partial charge < -0.3 is 0 Å². The third-order valence-electron chi connectivity index (χ3n) is 3.90. The van der Waals surface area contributed by atoms with Crippen LogP contribution in [0.15, 0.2) is 83.3 Å². The lowest BCUT2D eigenvalue weighted by atomic mass is 9.98. The highest BCUT2D eigenvalue weighted by Crippen LogP contribution is 2.34. The summed E-state index contributed by atoms with van der Waals surface area (Å²) in [5.41, 5.74) is 2.51. The van der Waals surface area contributed by atoms with Gasteiger partial charge in [-0.3, -0.25) is 0 Å². The number of hydrogen-bond donors (Lipinski definition) is 0. The molecule has 0 spiro atoms. The summed E-state index contributed by atoms with van der Waals surface area (Å²) in [6, 6.07) is 27.9. The number of rotatable bonds is 1. The van der Waals surface area contributed by atoms with Crippen molar-refractivity contribution in [2.75, 3.05) is 0 Å². The molecule has 4 aromatic carbocycles. The lowest BCUT2D eigenvalue weighted by molar-refractivity contribution is 1.64. The molecule has 0 N–H and O–H groups in total. The Morgan fingerprint density at radius 1 is 0.524 bits per heavy atom. The molecular weight excluding hydrogens is 320 g/mol. The molecule has 0 aliphatic rings. The van der Waals surface area contributed by atoms with Gasteiger partial charge in [-0.05, 0) is 60.7 Å². The third kappa shape index (κ3) is 2.14. The monoisotopic (exact) mass is 332 g/mol. The van der Waals surface area contributed by atoms with E-state index in [0.29, 0.717) is 0 Å². The second-order valence-corrected chi connectivity index (χ2v) is 6.01. The normalized spacial score (nSPS) is 11.1. The van der Waals surface area contributed by atoms with Gasteiger partial charge >= 0.3 is 0 Å². The summed E-state index contributed by atoms with van der Waals surface area (Å²) in [5, 5.41) is 5.05. The summed E-state index contributed by atoms with van der Waals surface area (Å²) in [4.78, 5) is 0. The smallest absolute Gasteiger partial charge is 0.0332 e. The molecule has 4 aromatic rings. The fourth-order valence-electron chi connectivity index (χ4n) is 2.83. The molecule has 0 aliphatic carbocycles. The standard InChI is InChI=1S/C20H13Br/c21-20-18-9-5-4-8-16(18)13-17-12-15(10-11-19(17)20)14-6-2-1-3-7-14/h1-13H. The SMILES string of the molecule is Brc1c2ccccc2cc2cc(-c3ccccc3)ccc12. The highest BCUT2D eigenvalue weighted by Gasteiger charge is 2.06. The Kier molecular flexibility index (Phi) is 3.01. The first-order chi connectivity index (χ1) is 10.3. The summed E-state index contributed by atoms with van der Waals surface area (Å²) in [6.07, 6.45) is 0. The minimum atomic E-state index is 1.18. The van der Waals surface area contributed by atoms with Crippen molar-refractivity contribution in [2.24, 2.45) is 0 Å². The number of fused-ring (bicyclic) bond motifs is 2. The number of hydrogen-bond acceptors (Lipinski definition) is 0. The van der Waals surface area contributed by atoms with Crippen molar-refractivity contribution in [2.45, 2.75) is 0 Å². The molecule has 0 bridgehead atoms. The van der Waals surface area contributed by atoms with Gasteiger partial charge in [0, 0.05) is 4.47 Å². The maximum Gasteiger partial charge on any atom is 0.0332 e. The largest absolute Gasteiger partial charge is 0.0622 e. The van der Waals surface area contributed by atoms with Crippen LogP contribution in [0.1, 0.15) is 0 Å². The summed E-state index contributed by atoms with van der Waals surface area (Å²) < 4.78 is 1.18. The van der Waals surface area contributed by atoms with Crippen LogP contribution in [0.3, 0.4) is 0 Å². The zero-order chi connectivity index (χ0) is 14.2. The molecule has 0 amide bonds. The molecule has 0 nitrogen and oxygen atoms in total. The average molecular weight is 333 g/mol. The Bertz CT molecular complexity index is 940. The van der Waals surface area contributed by atoms with Crippen LogP contribution in [0.5, 0.6) is 0 Å². The quantitative estimate of drug-likeness (QED) is 0.352. The van der Waals surface area contributed by atoms with Crippen LogP contribution < -0.4 is 0 Å². The second-order valence-electron chi connectivity index (χ2n) is 5.21. The maximum atomic E-state index is 3.76. The Labute approximate surface area is 132 Å². The molecule has 0 saturated heterocycles. The van der Waals surface area contributed by atoms with Gasteiger partial charge in [0.05, 0.1) is 0 Å². The van der Waals surface area contributed by atoms with Gasteiger partial charge in [0.2, 0.25) is 0 Å². The minimum Gasteiger partial charge on any atom is -0.0622 e. The van der Waals surface area contributed by atoms with Crippen molar-refractivity contribution in [1.29, 1.82) is 0 Å². The first-order valence-corrected chi connectivity index (χ1v) is 7.79. The molecule has 0 saturated carbocycles. The Morgan fingerprint density at radius 2 is 1.24 bits per heavy atom. The van der Waals surface area contributed by atoms with Crippen molar-refractivity contribution in [1.82, 2.24) is 0 Å². The number of benzene rings is 4. The van der Waals surface area contributed by atoms with Gasteiger partial charge in [0.15, 0.2) is 0 Å². The fraction of sp³-hybridized carbons (Fsp3) is 0. The topological polar surface area (TPSA) is 0 Å². The zero-order valence-corrected chi connectivity index (χ0v) is 13.0. The molecule has 100 valence electrons. The van der Waals surface area contributed by atoms with Crippen LogP contribution in [0.25, 0.3) is 32.7 Å². The fourth-order valence-corrected chi connectivity index (χ4v) is 3.55. The van der Waals surface area contributed by atoms with E-state index in [4.69, 9.17) is 0 Å². The van der Waals surface area contributed by atoms with Crippen LogP contribution in [0.4, 0.5) is 0 Å². The molecule has 0 atom stereocenters. The van der Waals surface area contributed by atoms with Crippen molar-refractivity contribution >= 4 is 37.5 Å². The summed E-state index contributed by atoms with van der Waals surface area (Å²) in [6.45, 7) is 0. The van der Waals surface area contributed by atoms with Crippen LogP contribution in [0.2, 0.25) is 0 Å². The van der Waals surface area contributed by atoms with Gasteiger partial charge in [-0.25, -0.2) is 0 Å². The van der Waals surface area contributed by atoms with E-state index in [1.54, 1.807) is 0 Å². The van der Waals surface area contributed by atoms with Crippen LogP contribution in [-0.4, -0.2) is 0 Å².